The number of carbonyl (C=O) groups is 2. The van der Waals surface area contributed by atoms with Crippen LogP contribution in [0.1, 0.15) is 30.9 Å². The Morgan fingerprint density at radius 3 is 2.55 bits per heavy atom. The maximum Gasteiger partial charge on any atom is 0.344 e. The van der Waals surface area contributed by atoms with Crippen LogP contribution in [0.15, 0.2) is 36.4 Å². The van der Waals surface area contributed by atoms with Crippen molar-refractivity contribution in [3.05, 3.63) is 47.5 Å². The fourth-order valence-electron chi connectivity index (χ4n) is 2.77. The van der Waals surface area contributed by atoms with E-state index in [9.17, 15) is 9.59 Å². The molecule has 0 atom stereocenters. The highest BCUT2D eigenvalue weighted by atomic mass is 16.6. The van der Waals surface area contributed by atoms with E-state index in [1.165, 1.54) is 0 Å². The van der Waals surface area contributed by atoms with Crippen LogP contribution in [0.5, 0.6) is 17.2 Å². The molecule has 1 N–H and O–H groups in total. The summed E-state index contributed by atoms with van der Waals surface area (Å²) in [5.74, 6) is 1.13. The van der Waals surface area contributed by atoms with Crippen molar-refractivity contribution in [3.8, 4) is 17.2 Å². The lowest BCUT2D eigenvalue weighted by molar-refractivity contribution is -0.149. The summed E-state index contributed by atoms with van der Waals surface area (Å²) in [7, 11) is 0. The molecule has 0 saturated heterocycles. The quantitative estimate of drug-likeness (QED) is 0.718. The molecule has 1 heterocycles. The molecule has 0 aliphatic carbocycles. The normalized spacial score (nSPS) is 12.4. The molecule has 2 aromatic carbocycles. The average molecular weight is 399 g/mol. The standard InChI is InChI=1S/C22H25NO6/c1-14(2)16-5-4-15(3)19(10-16)28-13-22(25)29-12-21(24)23-17-6-7-18-20(11-17)27-9-8-26-18/h4-7,10-11,14H,8-9,12-13H2,1-3H3,(H,23,24). The molecular weight excluding hydrogens is 374 g/mol. The first-order valence-electron chi connectivity index (χ1n) is 9.51. The summed E-state index contributed by atoms with van der Waals surface area (Å²) in [4.78, 5) is 24.0. The summed E-state index contributed by atoms with van der Waals surface area (Å²) in [5, 5.41) is 2.66. The Morgan fingerprint density at radius 1 is 1.03 bits per heavy atom. The fraction of sp³-hybridized carbons (Fsp3) is 0.364. The number of carbonyl (C=O) groups excluding carboxylic acids is 2. The van der Waals surface area contributed by atoms with Gasteiger partial charge in [-0.15, -0.1) is 0 Å². The minimum atomic E-state index is -0.614. The minimum Gasteiger partial charge on any atom is -0.486 e. The van der Waals surface area contributed by atoms with Crippen molar-refractivity contribution in [3.63, 3.8) is 0 Å². The Bertz CT molecular complexity index is 893. The molecule has 3 rings (SSSR count). The number of hydrogen-bond donors (Lipinski definition) is 1. The molecule has 0 bridgehead atoms. The summed E-state index contributed by atoms with van der Waals surface area (Å²) < 4.78 is 21.5. The number of nitrogens with one attached hydrogen (secondary N) is 1. The van der Waals surface area contributed by atoms with E-state index in [2.05, 4.69) is 19.2 Å². The van der Waals surface area contributed by atoms with E-state index in [1.54, 1.807) is 18.2 Å². The van der Waals surface area contributed by atoms with E-state index in [4.69, 9.17) is 18.9 Å². The molecule has 7 heteroatoms. The van der Waals surface area contributed by atoms with Gasteiger partial charge in [0, 0.05) is 11.8 Å². The van der Waals surface area contributed by atoms with E-state index in [0.29, 0.717) is 42.1 Å². The van der Waals surface area contributed by atoms with Crippen LogP contribution in [0.3, 0.4) is 0 Å². The maximum atomic E-state index is 12.0. The van der Waals surface area contributed by atoms with Crippen LogP contribution >= 0.6 is 0 Å². The molecule has 1 amide bonds. The van der Waals surface area contributed by atoms with Gasteiger partial charge in [-0.05, 0) is 42.2 Å². The van der Waals surface area contributed by atoms with E-state index in [1.807, 2.05) is 25.1 Å². The minimum absolute atomic E-state index is 0.264. The second-order valence-corrected chi connectivity index (χ2v) is 7.04. The van der Waals surface area contributed by atoms with Crippen LogP contribution in [0, 0.1) is 6.92 Å². The van der Waals surface area contributed by atoms with Gasteiger partial charge in [-0.25, -0.2) is 4.79 Å². The van der Waals surface area contributed by atoms with Gasteiger partial charge >= 0.3 is 5.97 Å². The number of anilines is 1. The second-order valence-electron chi connectivity index (χ2n) is 7.04. The number of benzene rings is 2. The van der Waals surface area contributed by atoms with Gasteiger partial charge in [0.05, 0.1) is 0 Å². The largest absolute Gasteiger partial charge is 0.486 e. The predicted molar refractivity (Wildman–Crippen MR) is 108 cm³/mol. The first kappa shape index (κ1) is 20.5. The van der Waals surface area contributed by atoms with Crippen molar-refractivity contribution in [2.75, 3.05) is 31.7 Å². The highest BCUT2D eigenvalue weighted by molar-refractivity contribution is 5.93. The Balaban J connectivity index is 1.46. The van der Waals surface area contributed by atoms with E-state index >= 15 is 0 Å². The number of ether oxygens (including phenoxy) is 4. The van der Waals surface area contributed by atoms with Crippen molar-refractivity contribution < 1.29 is 28.5 Å². The van der Waals surface area contributed by atoms with Gasteiger partial charge in [-0.2, -0.15) is 0 Å². The number of fused-ring (bicyclic) bond motifs is 1. The van der Waals surface area contributed by atoms with Crippen LogP contribution < -0.4 is 19.5 Å². The van der Waals surface area contributed by atoms with Crippen molar-refractivity contribution in [2.24, 2.45) is 0 Å². The lowest BCUT2D eigenvalue weighted by Crippen LogP contribution is -2.24. The summed E-state index contributed by atoms with van der Waals surface area (Å²) >= 11 is 0. The molecule has 0 aromatic heterocycles. The second kappa shape index (κ2) is 9.32. The molecule has 0 radical (unpaired) electrons. The van der Waals surface area contributed by atoms with E-state index in [-0.39, 0.29) is 6.61 Å². The van der Waals surface area contributed by atoms with E-state index in [0.717, 1.165) is 11.1 Å². The third-order valence-electron chi connectivity index (χ3n) is 4.41. The van der Waals surface area contributed by atoms with Gasteiger partial charge in [0.1, 0.15) is 19.0 Å². The molecule has 29 heavy (non-hydrogen) atoms. The van der Waals surface area contributed by atoms with Crippen LogP contribution in [0.4, 0.5) is 5.69 Å². The molecule has 1 aliphatic rings. The highest BCUT2D eigenvalue weighted by Crippen LogP contribution is 2.32. The summed E-state index contributed by atoms with van der Waals surface area (Å²) in [6, 6.07) is 11.0. The SMILES string of the molecule is Cc1ccc(C(C)C)cc1OCC(=O)OCC(=O)Nc1ccc2c(c1)OCCO2. The maximum absolute atomic E-state index is 12.0. The molecule has 2 aromatic rings. The highest BCUT2D eigenvalue weighted by Gasteiger charge is 2.14. The molecule has 0 spiro atoms. The van der Waals surface area contributed by atoms with Crippen LogP contribution in [0.2, 0.25) is 0 Å². The first-order chi connectivity index (χ1) is 13.9. The zero-order valence-electron chi connectivity index (χ0n) is 16.8. The Hall–Kier alpha value is -3.22. The van der Waals surface area contributed by atoms with Crippen molar-refractivity contribution >= 4 is 17.6 Å². The third kappa shape index (κ3) is 5.63. The molecule has 0 saturated carbocycles. The molecule has 1 aliphatic heterocycles. The van der Waals surface area contributed by atoms with Gasteiger partial charge in [0.15, 0.2) is 24.7 Å². The van der Waals surface area contributed by atoms with E-state index < -0.39 is 18.5 Å². The lowest BCUT2D eigenvalue weighted by atomic mass is 10.0. The molecule has 0 unspecified atom stereocenters. The smallest absolute Gasteiger partial charge is 0.344 e. The molecule has 7 nitrogen and oxygen atoms in total. The van der Waals surface area contributed by atoms with Gasteiger partial charge in [0.2, 0.25) is 0 Å². The van der Waals surface area contributed by atoms with Crippen molar-refractivity contribution in [1.29, 1.82) is 0 Å². The Kier molecular flexibility index (Phi) is 6.59. The van der Waals surface area contributed by atoms with Crippen LogP contribution in [0.25, 0.3) is 0 Å². The average Bonchev–Trinajstić information content (AvgIpc) is 2.71. The van der Waals surface area contributed by atoms with Gasteiger partial charge in [-0.3, -0.25) is 4.79 Å². The van der Waals surface area contributed by atoms with Gasteiger partial charge in [0.25, 0.3) is 5.91 Å². The lowest BCUT2D eigenvalue weighted by Gasteiger charge is -2.19. The monoisotopic (exact) mass is 399 g/mol. The molecule has 0 fully saturated rings. The summed E-state index contributed by atoms with van der Waals surface area (Å²) in [5.41, 5.74) is 2.59. The number of rotatable bonds is 7. The van der Waals surface area contributed by atoms with Crippen LogP contribution in [-0.4, -0.2) is 38.3 Å². The zero-order valence-corrected chi connectivity index (χ0v) is 16.8. The summed E-state index contributed by atoms with van der Waals surface area (Å²) in [6.07, 6.45) is 0. The Labute approximate surface area is 169 Å². The number of aryl methyl sites for hydroxylation is 1. The molecular formula is C22H25NO6. The predicted octanol–water partition coefficient (Wildman–Crippen LogP) is 3.45. The topological polar surface area (TPSA) is 83.1 Å². The number of hydrogen-bond acceptors (Lipinski definition) is 6. The van der Waals surface area contributed by atoms with Crippen molar-refractivity contribution in [1.82, 2.24) is 0 Å². The van der Waals surface area contributed by atoms with Crippen molar-refractivity contribution in [2.45, 2.75) is 26.7 Å². The third-order valence-corrected chi connectivity index (χ3v) is 4.41. The van der Waals surface area contributed by atoms with Gasteiger partial charge < -0.3 is 24.3 Å². The molecule has 154 valence electrons. The number of amides is 1. The fourth-order valence-corrected chi connectivity index (χ4v) is 2.77. The summed E-state index contributed by atoms with van der Waals surface area (Å²) in [6.45, 7) is 6.37. The number of esters is 1. The van der Waals surface area contributed by atoms with Gasteiger partial charge in [-0.1, -0.05) is 26.0 Å². The Morgan fingerprint density at radius 2 is 1.79 bits per heavy atom. The zero-order chi connectivity index (χ0) is 20.8. The first-order valence-corrected chi connectivity index (χ1v) is 9.51. The van der Waals surface area contributed by atoms with Crippen LogP contribution in [-0.2, 0) is 14.3 Å².